The molecule has 1 rings (SSSR count). The Bertz CT molecular complexity index is 618. The predicted octanol–water partition coefficient (Wildman–Crippen LogP) is 1.87. The van der Waals surface area contributed by atoms with Crippen molar-refractivity contribution >= 4 is 21.9 Å². The summed E-state index contributed by atoms with van der Waals surface area (Å²) in [6.07, 6.45) is 1.89. The van der Waals surface area contributed by atoms with Crippen LogP contribution in [0, 0.1) is 0 Å². The summed E-state index contributed by atoms with van der Waals surface area (Å²) in [6, 6.07) is 7.14. The molecule has 0 radical (unpaired) electrons. The van der Waals surface area contributed by atoms with E-state index < -0.39 is 33.5 Å². The number of carbonyl (C=O) groups excluding carboxylic acids is 1. The Morgan fingerprint density at radius 2 is 1.68 bits per heavy atom. The van der Waals surface area contributed by atoms with E-state index in [4.69, 9.17) is 9.66 Å². The Morgan fingerprint density at radius 1 is 1.14 bits per heavy atom. The predicted molar refractivity (Wildman–Crippen MR) is 81.4 cm³/mol. The summed E-state index contributed by atoms with van der Waals surface area (Å²) in [5.74, 6) is -2.28. The van der Waals surface area contributed by atoms with Crippen LogP contribution in [0.3, 0.4) is 0 Å². The molecule has 0 aliphatic heterocycles. The van der Waals surface area contributed by atoms with E-state index in [1.807, 2.05) is 12.1 Å². The van der Waals surface area contributed by atoms with Crippen LogP contribution < -0.4 is 0 Å². The molecule has 2 N–H and O–H groups in total. The molecule has 0 fully saturated rings. The summed E-state index contributed by atoms with van der Waals surface area (Å²) in [5.41, 5.74) is 1.71. The molecular formula is C15H20O6S. The summed E-state index contributed by atoms with van der Waals surface area (Å²) in [4.78, 5) is 22.6. The number of aryl methyl sites for hydroxylation is 1. The number of Topliss-reactive ketones (excluding diaryl/α,β-unsaturated/α-hetero) is 1. The van der Waals surface area contributed by atoms with Gasteiger partial charge in [-0.1, -0.05) is 37.6 Å². The standard InChI is InChI=1S/C15H20O6S/c1-2-3-4-11-5-7-12(8-6-11)9-13(16)14(10-15(17)18)22(19,20)21/h5-8,14H,2-4,9-10H2,1H3,(H,17,18)(H,19,20,21). The van der Waals surface area contributed by atoms with Gasteiger partial charge in [-0.2, -0.15) is 8.42 Å². The minimum atomic E-state index is -4.73. The number of carboxylic acids is 1. The minimum absolute atomic E-state index is 0.230. The second kappa shape index (κ2) is 8.05. The van der Waals surface area contributed by atoms with Gasteiger partial charge in [0.25, 0.3) is 10.1 Å². The van der Waals surface area contributed by atoms with Crippen molar-refractivity contribution in [2.45, 2.75) is 44.3 Å². The van der Waals surface area contributed by atoms with Crippen molar-refractivity contribution < 1.29 is 27.7 Å². The fraction of sp³-hybridized carbons (Fsp3) is 0.467. The first-order valence-corrected chi connectivity index (χ1v) is 8.53. The first-order valence-electron chi connectivity index (χ1n) is 7.02. The third-order valence-electron chi connectivity index (χ3n) is 3.30. The van der Waals surface area contributed by atoms with Gasteiger partial charge in [0.1, 0.15) is 0 Å². The minimum Gasteiger partial charge on any atom is -0.481 e. The fourth-order valence-corrected chi connectivity index (χ4v) is 2.83. The number of hydrogen-bond acceptors (Lipinski definition) is 4. The molecule has 1 atom stereocenters. The van der Waals surface area contributed by atoms with Crippen molar-refractivity contribution in [3.05, 3.63) is 35.4 Å². The first kappa shape index (κ1) is 18.3. The van der Waals surface area contributed by atoms with Gasteiger partial charge in [0.15, 0.2) is 11.0 Å². The van der Waals surface area contributed by atoms with Crippen molar-refractivity contribution in [3.8, 4) is 0 Å². The summed E-state index contributed by atoms with van der Waals surface area (Å²) < 4.78 is 31.3. The maximum atomic E-state index is 11.9. The highest BCUT2D eigenvalue weighted by Gasteiger charge is 2.32. The van der Waals surface area contributed by atoms with Crippen molar-refractivity contribution in [2.24, 2.45) is 0 Å². The van der Waals surface area contributed by atoms with Gasteiger partial charge in [0.2, 0.25) is 0 Å². The van der Waals surface area contributed by atoms with Crippen LogP contribution in [0.1, 0.15) is 37.3 Å². The second-order valence-electron chi connectivity index (χ2n) is 5.16. The van der Waals surface area contributed by atoms with E-state index in [1.54, 1.807) is 12.1 Å². The SMILES string of the molecule is CCCCc1ccc(CC(=O)C(CC(=O)O)S(=O)(=O)O)cc1. The van der Waals surface area contributed by atoms with Crippen LogP contribution in [0.5, 0.6) is 0 Å². The number of ketones is 1. The number of carboxylic acid groups (broad SMARTS) is 1. The molecule has 0 spiro atoms. The lowest BCUT2D eigenvalue weighted by molar-refractivity contribution is -0.138. The molecule has 6 nitrogen and oxygen atoms in total. The van der Waals surface area contributed by atoms with E-state index in [-0.39, 0.29) is 6.42 Å². The van der Waals surface area contributed by atoms with E-state index in [9.17, 15) is 18.0 Å². The van der Waals surface area contributed by atoms with E-state index >= 15 is 0 Å². The molecule has 1 unspecified atom stereocenters. The molecule has 0 aromatic heterocycles. The number of aliphatic carboxylic acids is 1. The van der Waals surface area contributed by atoms with Gasteiger partial charge in [0.05, 0.1) is 6.42 Å². The van der Waals surface area contributed by atoms with Crippen LogP contribution in [0.4, 0.5) is 0 Å². The number of benzene rings is 1. The van der Waals surface area contributed by atoms with Crippen LogP contribution >= 0.6 is 0 Å². The van der Waals surface area contributed by atoms with Gasteiger partial charge >= 0.3 is 5.97 Å². The molecular weight excluding hydrogens is 308 g/mol. The molecule has 0 aliphatic carbocycles. The van der Waals surface area contributed by atoms with Crippen LogP contribution in [0.25, 0.3) is 0 Å². The zero-order valence-electron chi connectivity index (χ0n) is 12.4. The van der Waals surface area contributed by atoms with Crippen molar-refractivity contribution in [3.63, 3.8) is 0 Å². The van der Waals surface area contributed by atoms with Crippen molar-refractivity contribution in [2.75, 3.05) is 0 Å². The average Bonchev–Trinajstić information content (AvgIpc) is 2.42. The molecule has 1 aromatic carbocycles. The molecule has 0 heterocycles. The lowest BCUT2D eigenvalue weighted by Crippen LogP contribution is -2.33. The molecule has 122 valence electrons. The Hall–Kier alpha value is -1.73. The monoisotopic (exact) mass is 328 g/mol. The van der Waals surface area contributed by atoms with E-state index in [0.29, 0.717) is 5.56 Å². The van der Waals surface area contributed by atoms with Crippen molar-refractivity contribution in [1.82, 2.24) is 0 Å². The van der Waals surface area contributed by atoms with Gasteiger partial charge in [-0.25, -0.2) is 0 Å². The molecule has 22 heavy (non-hydrogen) atoms. The Balaban J connectivity index is 2.79. The van der Waals surface area contributed by atoms with Gasteiger partial charge in [0, 0.05) is 6.42 Å². The fourth-order valence-electron chi connectivity index (χ4n) is 2.06. The maximum absolute atomic E-state index is 11.9. The zero-order valence-corrected chi connectivity index (χ0v) is 13.2. The molecule has 0 saturated heterocycles. The number of hydrogen-bond donors (Lipinski definition) is 2. The van der Waals surface area contributed by atoms with Crippen LogP contribution in [-0.2, 0) is 32.5 Å². The second-order valence-corrected chi connectivity index (χ2v) is 6.76. The topological polar surface area (TPSA) is 109 Å². The lowest BCUT2D eigenvalue weighted by atomic mass is 10.0. The van der Waals surface area contributed by atoms with Crippen molar-refractivity contribution in [1.29, 1.82) is 0 Å². The van der Waals surface area contributed by atoms with E-state index in [0.717, 1.165) is 24.8 Å². The number of carbonyl (C=O) groups is 2. The molecule has 1 aromatic rings. The normalized spacial score (nSPS) is 12.8. The highest BCUT2D eigenvalue weighted by molar-refractivity contribution is 7.87. The largest absolute Gasteiger partial charge is 0.481 e. The first-order chi connectivity index (χ1) is 10.2. The molecule has 0 saturated carbocycles. The summed E-state index contributed by atoms with van der Waals surface area (Å²) in [5, 5.41) is 6.73. The lowest BCUT2D eigenvalue weighted by Gasteiger charge is -2.11. The Labute approximate surface area is 129 Å². The molecule has 7 heteroatoms. The van der Waals surface area contributed by atoms with Crippen LogP contribution in [-0.4, -0.2) is 35.1 Å². The average molecular weight is 328 g/mol. The van der Waals surface area contributed by atoms with Gasteiger partial charge < -0.3 is 5.11 Å². The molecule has 0 bridgehead atoms. The Kier molecular flexibility index (Phi) is 6.70. The zero-order chi connectivity index (χ0) is 16.8. The van der Waals surface area contributed by atoms with Gasteiger partial charge in [-0.15, -0.1) is 0 Å². The molecule has 0 amide bonds. The van der Waals surface area contributed by atoms with E-state index in [2.05, 4.69) is 6.92 Å². The summed E-state index contributed by atoms with van der Waals surface area (Å²) in [6.45, 7) is 2.09. The third kappa shape index (κ3) is 5.95. The van der Waals surface area contributed by atoms with E-state index in [1.165, 1.54) is 0 Å². The van der Waals surface area contributed by atoms with Gasteiger partial charge in [-0.3, -0.25) is 14.1 Å². The highest BCUT2D eigenvalue weighted by atomic mass is 32.2. The third-order valence-corrected chi connectivity index (χ3v) is 4.45. The summed E-state index contributed by atoms with van der Waals surface area (Å²) in [7, 11) is -4.73. The molecule has 0 aliphatic rings. The number of rotatable bonds is 9. The smallest absolute Gasteiger partial charge is 0.305 e. The Morgan fingerprint density at radius 3 is 2.14 bits per heavy atom. The quantitative estimate of drug-likeness (QED) is 0.670. The van der Waals surface area contributed by atoms with Crippen LogP contribution in [0.15, 0.2) is 24.3 Å². The number of unbranched alkanes of at least 4 members (excludes halogenated alkanes) is 1. The maximum Gasteiger partial charge on any atom is 0.305 e. The summed E-state index contributed by atoms with van der Waals surface area (Å²) >= 11 is 0. The highest BCUT2D eigenvalue weighted by Crippen LogP contribution is 2.13. The van der Waals surface area contributed by atoms with Gasteiger partial charge in [-0.05, 0) is 24.0 Å². The van der Waals surface area contributed by atoms with Crippen LogP contribution in [0.2, 0.25) is 0 Å².